The molecule has 0 spiro atoms. The first-order valence-corrected chi connectivity index (χ1v) is 9.59. The number of amides is 2. The van der Waals surface area contributed by atoms with E-state index in [0.29, 0.717) is 31.5 Å². The van der Waals surface area contributed by atoms with Crippen LogP contribution in [0, 0.1) is 5.92 Å². The molecule has 1 aromatic rings. The van der Waals surface area contributed by atoms with E-state index in [1.165, 1.54) is 12.1 Å². The minimum absolute atomic E-state index is 0.00277. The molecule has 0 aromatic heterocycles. The number of hydrogen-bond acceptors (Lipinski definition) is 3. The van der Waals surface area contributed by atoms with Crippen LogP contribution in [0.25, 0.3) is 0 Å². The standard InChI is InChI=1S/C17H21F3N2O3S/c1-11(16(24)22-8-6-13(7-9-22)15(21)23)26(25)10-12-2-4-14(5-3-12)17(18,19)20/h2-5,11,13H,6-10H2,1H3,(H2,21,23). The predicted octanol–water partition coefficient (Wildman–Crippen LogP) is 2.07. The molecule has 0 bridgehead atoms. The van der Waals surface area contributed by atoms with Crippen LogP contribution in [0.4, 0.5) is 13.2 Å². The Kier molecular flexibility index (Phi) is 6.44. The van der Waals surface area contributed by atoms with Gasteiger partial charge in [-0.1, -0.05) is 12.1 Å². The average molecular weight is 390 g/mol. The number of alkyl halides is 3. The molecule has 26 heavy (non-hydrogen) atoms. The Morgan fingerprint density at radius 3 is 2.23 bits per heavy atom. The molecule has 5 nitrogen and oxygen atoms in total. The molecule has 1 aliphatic heterocycles. The van der Waals surface area contributed by atoms with E-state index in [9.17, 15) is 27.0 Å². The van der Waals surface area contributed by atoms with Crippen molar-refractivity contribution in [1.29, 1.82) is 0 Å². The van der Waals surface area contributed by atoms with Crippen molar-refractivity contribution in [3.05, 3.63) is 35.4 Å². The van der Waals surface area contributed by atoms with Crippen molar-refractivity contribution in [3.8, 4) is 0 Å². The van der Waals surface area contributed by atoms with Crippen LogP contribution in [0.5, 0.6) is 0 Å². The summed E-state index contributed by atoms with van der Waals surface area (Å²) in [6.07, 6.45) is -3.45. The number of carbonyl (C=O) groups excluding carboxylic acids is 2. The zero-order valence-electron chi connectivity index (χ0n) is 14.3. The summed E-state index contributed by atoms with van der Waals surface area (Å²) in [4.78, 5) is 25.2. The maximum atomic E-state index is 12.6. The van der Waals surface area contributed by atoms with Crippen molar-refractivity contribution >= 4 is 22.6 Å². The maximum absolute atomic E-state index is 12.6. The normalized spacial score (nSPS) is 18.4. The second kappa shape index (κ2) is 8.20. The number of hydrogen-bond donors (Lipinski definition) is 1. The Bertz CT molecular complexity index is 683. The zero-order chi connectivity index (χ0) is 19.5. The molecule has 0 saturated carbocycles. The molecular weight excluding hydrogens is 369 g/mol. The molecule has 2 atom stereocenters. The molecule has 2 N–H and O–H groups in total. The minimum Gasteiger partial charge on any atom is -0.369 e. The highest BCUT2D eigenvalue weighted by atomic mass is 32.2. The van der Waals surface area contributed by atoms with Crippen LogP contribution < -0.4 is 5.73 Å². The lowest BCUT2D eigenvalue weighted by Gasteiger charge is -2.32. The van der Waals surface area contributed by atoms with E-state index in [0.717, 1.165) is 12.1 Å². The van der Waals surface area contributed by atoms with Gasteiger partial charge in [-0.05, 0) is 37.5 Å². The highest BCUT2D eigenvalue weighted by Crippen LogP contribution is 2.29. The van der Waals surface area contributed by atoms with Crippen molar-refractivity contribution < 1.29 is 27.0 Å². The molecule has 1 aromatic carbocycles. The lowest BCUT2D eigenvalue weighted by molar-refractivity contribution is -0.137. The van der Waals surface area contributed by atoms with Gasteiger partial charge in [0.25, 0.3) is 0 Å². The summed E-state index contributed by atoms with van der Waals surface area (Å²) in [5.41, 5.74) is 4.96. The average Bonchev–Trinajstić information content (AvgIpc) is 2.60. The molecule has 2 amide bonds. The minimum atomic E-state index is -4.42. The predicted molar refractivity (Wildman–Crippen MR) is 91.3 cm³/mol. The number of benzene rings is 1. The van der Waals surface area contributed by atoms with Crippen LogP contribution in [-0.2, 0) is 32.3 Å². The summed E-state index contributed by atoms with van der Waals surface area (Å²) in [6.45, 7) is 2.31. The molecule has 144 valence electrons. The van der Waals surface area contributed by atoms with Gasteiger partial charge in [0.1, 0.15) is 5.25 Å². The summed E-state index contributed by atoms with van der Waals surface area (Å²) in [7, 11) is -1.56. The molecule has 1 aliphatic rings. The van der Waals surface area contributed by atoms with E-state index in [1.807, 2.05) is 0 Å². The first-order valence-electron chi connectivity index (χ1n) is 8.21. The van der Waals surface area contributed by atoms with Crippen LogP contribution >= 0.6 is 0 Å². The van der Waals surface area contributed by atoms with Crippen LogP contribution in [-0.4, -0.2) is 39.3 Å². The van der Waals surface area contributed by atoms with Gasteiger partial charge in [-0.2, -0.15) is 13.2 Å². The molecule has 1 fully saturated rings. The maximum Gasteiger partial charge on any atom is 0.416 e. The van der Waals surface area contributed by atoms with Gasteiger partial charge in [0.05, 0.1) is 5.56 Å². The van der Waals surface area contributed by atoms with Crippen molar-refractivity contribution in [1.82, 2.24) is 4.90 Å². The largest absolute Gasteiger partial charge is 0.416 e. The Hall–Kier alpha value is -1.90. The zero-order valence-corrected chi connectivity index (χ0v) is 15.1. The number of halogens is 3. The van der Waals surface area contributed by atoms with Gasteiger partial charge in [-0.15, -0.1) is 0 Å². The highest BCUT2D eigenvalue weighted by Gasteiger charge is 2.31. The van der Waals surface area contributed by atoms with Crippen molar-refractivity contribution in [2.75, 3.05) is 13.1 Å². The van der Waals surface area contributed by atoms with Crippen LogP contribution in [0.3, 0.4) is 0 Å². The van der Waals surface area contributed by atoms with Gasteiger partial charge in [0, 0.05) is 35.6 Å². The number of nitrogens with zero attached hydrogens (tertiary/aromatic N) is 1. The fourth-order valence-corrected chi connectivity index (χ4v) is 3.98. The van der Waals surface area contributed by atoms with Crippen LogP contribution in [0.15, 0.2) is 24.3 Å². The number of piperidine rings is 1. The van der Waals surface area contributed by atoms with Gasteiger partial charge in [0.2, 0.25) is 11.8 Å². The Morgan fingerprint density at radius 1 is 1.23 bits per heavy atom. The van der Waals surface area contributed by atoms with Crippen molar-refractivity contribution in [3.63, 3.8) is 0 Å². The molecule has 1 saturated heterocycles. The highest BCUT2D eigenvalue weighted by molar-refractivity contribution is 7.85. The summed E-state index contributed by atoms with van der Waals surface area (Å²) in [6, 6.07) is 4.42. The second-order valence-corrected chi connectivity index (χ2v) is 8.12. The van der Waals surface area contributed by atoms with Crippen LogP contribution in [0.1, 0.15) is 30.9 Å². The number of rotatable bonds is 5. The Labute approximate surface area is 152 Å². The van der Waals surface area contributed by atoms with Gasteiger partial charge in [0.15, 0.2) is 0 Å². The topological polar surface area (TPSA) is 80.5 Å². The van der Waals surface area contributed by atoms with E-state index >= 15 is 0 Å². The number of carbonyl (C=O) groups is 2. The van der Waals surface area contributed by atoms with Gasteiger partial charge in [-0.3, -0.25) is 13.8 Å². The molecule has 2 rings (SSSR count). The third kappa shape index (κ3) is 5.06. The third-order valence-corrected chi connectivity index (χ3v) is 6.15. The number of primary amides is 1. The first-order chi connectivity index (χ1) is 12.1. The van der Waals surface area contributed by atoms with Crippen molar-refractivity contribution in [2.24, 2.45) is 11.7 Å². The lowest BCUT2D eigenvalue weighted by Crippen LogP contribution is -2.46. The molecule has 0 aliphatic carbocycles. The molecule has 2 unspecified atom stereocenters. The second-order valence-electron chi connectivity index (χ2n) is 6.36. The van der Waals surface area contributed by atoms with Gasteiger partial charge < -0.3 is 10.6 Å². The Balaban J connectivity index is 1.93. The summed E-state index contributed by atoms with van der Waals surface area (Å²) >= 11 is 0. The number of likely N-dealkylation sites (tertiary alicyclic amines) is 1. The Morgan fingerprint density at radius 2 is 1.77 bits per heavy atom. The fourth-order valence-electron chi connectivity index (χ4n) is 2.83. The first kappa shape index (κ1) is 20.4. The van der Waals surface area contributed by atoms with E-state index in [2.05, 4.69) is 0 Å². The summed E-state index contributed by atoms with van der Waals surface area (Å²) < 4.78 is 50.1. The van der Waals surface area contributed by atoms with Crippen LogP contribution in [0.2, 0.25) is 0 Å². The van der Waals surface area contributed by atoms with E-state index in [-0.39, 0.29) is 23.5 Å². The summed E-state index contributed by atoms with van der Waals surface area (Å²) in [5.74, 6) is -0.899. The van der Waals surface area contributed by atoms with Crippen molar-refractivity contribution in [2.45, 2.75) is 36.9 Å². The molecule has 0 radical (unpaired) electrons. The third-order valence-electron chi connectivity index (χ3n) is 4.54. The van der Waals surface area contributed by atoms with E-state index in [1.54, 1.807) is 11.8 Å². The number of nitrogens with two attached hydrogens (primary N) is 1. The van der Waals surface area contributed by atoms with E-state index in [4.69, 9.17) is 5.73 Å². The smallest absolute Gasteiger partial charge is 0.369 e. The monoisotopic (exact) mass is 390 g/mol. The SMILES string of the molecule is CC(C(=O)N1CCC(C(N)=O)CC1)S(=O)Cc1ccc(C(F)(F)F)cc1. The summed E-state index contributed by atoms with van der Waals surface area (Å²) in [5, 5.41) is -0.776. The van der Waals surface area contributed by atoms with Gasteiger partial charge >= 0.3 is 6.18 Å². The quantitative estimate of drug-likeness (QED) is 0.836. The van der Waals surface area contributed by atoms with E-state index < -0.39 is 27.8 Å². The molecule has 1 heterocycles. The fraction of sp³-hybridized carbons (Fsp3) is 0.529. The lowest BCUT2D eigenvalue weighted by atomic mass is 9.96. The molecular formula is C17H21F3N2O3S. The van der Waals surface area contributed by atoms with Gasteiger partial charge in [-0.25, -0.2) is 0 Å². The molecule has 9 heteroatoms.